The molecule has 0 heterocycles. The molecule has 0 fully saturated rings. The van der Waals surface area contributed by atoms with Crippen LogP contribution in [0, 0.1) is 0 Å². The molecule has 1 amide bonds. The second kappa shape index (κ2) is 7.58. The first-order valence-corrected chi connectivity index (χ1v) is 5.74. The zero-order chi connectivity index (χ0) is 13.4. The van der Waals surface area contributed by atoms with Gasteiger partial charge < -0.3 is 15.8 Å². The van der Waals surface area contributed by atoms with Gasteiger partial charge in [-0.25, -0.2) is 0 Å². The maximum atomic E-state index is 11.4. The molecular formula is C13H18N2O3. The summed E-state index contributed by atoms with van der Waals surface area (Å²) in [7, 11) is 0. The number of hydrogen-bond donors (Lipinski definition) is 2. The minimum atomic E-state index is -0.756. The van der Waals surface area contributed by atoms with Gasteiger partial charge in [-0.15, -0.1) is 0 Å². The predicted octanol–water partition coefficient (Wildman–Crippen LogP) is 0.236. The van der Waals surface area contributed by atoms with E-state index >= 15 is 0 Å². The summed E-state index contributed by atoms with van der Waals surface area (Å²) in [6, 6.07) is 8.86. The van der Waals surface area contributed by atoms with Crippen LogP contribution in [0.3, 0.4) is 0 Å². The van der Waals surface area contributed by atoms with Gasteiger partial charge in [0.05, 0.1) is 19.8 Å². The minimum absolute atomic E-state index is 0.00518. The number of ketones is 1. The number of amides is 1. The number of rotatable bonds is 7. The van der Waals surface area contributed by atoms with Gasteiger partial charge in [-0.05, 0) is 12.5 Å². The van der Waals surface area contributed by atoms with Gasteiger partial charge in [0.25, 0.3) is 0 Å². The predicted molar refractivity (Wildman–Crippen MR) is 67.8 cm³/mol. The molecule has 1 aromatic rings. The molecule has 1 rings (SSSR count). The SMILES string of the molecule is CC(=O)CNC(=O)C(N)COCc1ccccc1. The average molecular weight is 250 g/mol. The van der Waals surface area contributed by atoms with Gasteiger partial charge in [-0.2, -0.15) is 0 Å². The number of hydrogen-bond acceptors (Lipinski definition) is 4. The molecule has 0 spiro atoms. The van der Waals surface area contributed by atoms with E-state index in [0.717, 1.165) is 5.56 Å². The molecule has 3 N–H and O–H groups in total. The summed E-state index contributed by atoms with van der Waals surface area (Å²) < 4.78 is 5.34. The Hall–Kier alpha value is -1.72. The maximum absolute atomic E-state index is 11.4. The zero-order valence-corrected chi connectivity index (χ0v) is 10.4. The summed E-state index contributed by atoms with van der Waals surface area (Å²) in [5.41, 5.74) is 6.64. The van der Waals surface area contributed by atoms with E-state index in [2.05, 4.69) is 5.32 Å². The van der Waals surface area contributed by atoms with E-state index in [1.165, 1.54) is 6.92 Å². The molecule has 0 saturated heterocycles. The van der Waals surface area contributed by atoms with E-state index in [1.807, 2.05) is 30.3 Å². The van der Waals surface area contributed by atoms with Gasteiger partial charge in [0, 0.05) is 0 Å². The molecule has 0 aliphatic carbocycles. The van der Waals surface area contributed by atoms with E-state index in [0.29, 0.717) is 6.61 Å². The van der Waals surface area contributed by atoms with Gasteiger partial charge in [0.2, 0.25) is 5.91 Å². The van der Waals surface area contributed by atoms with Crippen LogP contribution in [0.1, 0.15) is 12.5 Å². The molecule has 0 aromatic heterocycles. The summed E-state index contributed by atoms with van der Waals surface area (Å²) in [5.74, 6) is -0.487. The molecule has 5 nitrogen and oxygen atoms in total. The molecule has 1 aromatic carbocycles. The van der Waals surface area contributed by atoms with Crippen LogP contribution < -0.4 is 11.1 Å². The van der Waals surface area contributed by atoms with Gasteiger partial charge in [-0.3, -0.25) is 9.59 Å². The lowest BCUT2D eigenvalue weighted by atomic mass is 10.2. The summed E-state index contributed by atoms with van der Waals surface area (Å²) in [5, 5.41) is 2.44. The highest BCUT2D eigenvalue weighted by Crippen LogP contribution is 2.00. The van der Waals surface area contributed by atoms with Gasteiger partial charge in [0.15, 0.2) is 0 Å². The lowest BCUT2D eigenvalue weighted by Gasteiger charge is -2.12. The van der Waals surface area contributed by atoms with E-state index in [1.54, 1.807) is 0 Å². The molecule has 0 radical (unpaired) electrons. The molecule has 18 heavy (non-hydrogen) atoms. The lowest BCUT2D eigenvalue weighted by Crippen LogP contribution is -2.44. The molecule has 0 aliphatic rings. The number of Topliss-reactive ketones (excluding diaryl/α,β-unsaturated/α-hetero) is 1. The molecule has 0 aliphatic heterocycles. The van der Waals surface area contributed by atoms with Gasteiger partial charge >= 0.3 is 0 Å². The van der Waals surface area contributed by atoms with Crippen LogP contribution in [0.2, 0.25) is 0 Å². The van der Waals surface area contributed by atoms with Crippen molar-refractivity contribution in [3.8, 4) is 0 Å². The third-order valence-electron chi connectivity index (χ3n) is 2.26. The molecule has 1 unspecified atom stereocenters. The average Bonchev–Trinajstić information content (AvgIpc) is 2.37. The summed E-state index contributed by atoms with van der Waals surface area (Å²) >= 11 is 0. The Bertz CT molecular complexity index is 392. The molecule has 1 atom stereocenters. The highest BCUT2D eigenvalue weighted by atomic mass is 16.5. The summed E-state index contributed by atoms with van der Waals surface area (Å²) in [6.45, 7) is 1.94. The fourth-order valence-electron chi connectivity index (χ4n) is 1.30. The normalized spacial score (nSPS) is 11.9. The topological polar surface area (TPSA) is 81.4 Å². The smallest absolute Gasteiger partial charge is 0.239 e. The largest absolute Gasteiger partial charge is 0.375 e. The zero-order valence-electron chi connectivity index (χ0n) is 10.4. The van der Waals surface area contributed by atoms with E-state index in [-0.39, 0.29) is 24.8 Å². The van der Waals surface area contributed by atoms with Crippen molar-refractivity contribution in [1.29, 1.82) is 0 Å². The molecule has 5 heteroatoms. The Kier molecular flexibility index (Phi) is 6.04. The van der Waals surface area contributed by atoms with Gasteiger partial charge in [-0.1, -0.05) is 30.3 Å². The van der Waals surface area contributed by atoms with E-state index in [9.17, 15) is 9.59 Å². The first-order valence-electron chi connectivity index (χ1n) is 5.74. The fraction of sp³-hybridized carbons (Fsp3) is 0.385. The monoisotopic (exact) mass is 250 g/mol. The number of nitrogens with two attached hydrogens (primary N) is 1. The molecular weight excluding hydrogens is 232 g/mol. The van der Waals surface area contributed by atoms with Gasteiger partial charge in [0.1, 0.15) is 11.8 Å². The maximum Gasteiger partial charge on any atom is 0.239 e. The van der Waals surface area contributed by atoms with Crippen molar-refractivity contribution < 1.29 is 14.3 Å². The van der Waals surface area contributed by atoms with Crippen molar-refractivity contribution in [3.63, 3.8) is 0 Å². The van der Waals surface area contributed by atoms with Crippen LogP contribution in [0.5, 0.6) is 0 Å². The Morgan fingerprint density at radius 3 is 2.61 bits per heavy atom. The Morgan fingerprint density at radius 2 is 2.00 bits per heavy atom. The van der Waals surface area contributed by atoms with Crippen molar-refractivity contribution in [1.82, 2.24) is 5.32 Å². The lowest BCUT2D eigenvalue weighted by molar-refractivity contribution is -0.126. The van der Waals surface area contributed by atoms with Crippen molar-refractivity contribution in [3.05, 3.63) is 35.9 Å². The number of carbonyl (C=O) groups excluding carboxylic acids is 2. The molecule has 0 bridgehead atoms. The third-order valence-corrected chi connectivity index (χ3v) is 2.26. The second-order valence-electron chi connectivity index (χ2n) is 4.03. The van der Waals surface area contributed by atoms with Crippen LogP contribution in [-0.4, -0.2) is 30.9 Å². The van der Waals surface area contributed by atoms with Crippen molar-refractivity contribution in [2.24, 2.45) is 5.73 Å². The Balaban J connectivity index is 2.22. The number of ether oxygens (including phenoxy) is 1. The third kappa shape index (κ3) is 5.56. The van der Waals surface area contributed by atoms with Crippen molar-refractivity contribution >= 4 is 11.7 Å². The van der Waals surface area contributed by atoms with Crippen LogP contribution in [-0.2, 0) is 20.9 Å². The van der Waals surface area contributed by atoms with Crippen LogP contribution in [0.15, 0.2) is 30.3 Å². The van der Waals surface area contributed by atoms with Crippen LogP contribution in [0.4, 0.5) is 0 Å². The standard InChI is InChI=1S/C13H18N2O3/c1-10(16)7-15-13(17)12(14)9-18-8-11-5-3-2-4-6-11/h2-6,12H,7-9,14H2,1H3,(H,15,17). The highest BCUT2D eigenvalue weighted by molar-refractivity contribution is 5.87. The highest BCUT2D eigenvalue weighted by Gasteiger charge is 2.13. The molecule has 98 valence electrons. The van der Waals surface area contributed by atoms with Crippen molar-refractivity contribution in [2.45, 2.75) is 19.6 Å². The number of carbonyl (C=O) groups is 2. The van der Waals surface area contributed by atoms with Crippen molar-refractivity contribution in [2.75, 3.05) is 13.2 Å². The molecule has 0 saturated carbocycles. The van der Waals surface area contributed by atoms with Crippen LogP contribution in [0.25, 0.3) is 0 Å². The first kappa shape index (κ1) is 14.3. The fourth-order valence-corrected chi connectivity index (χ4v) is 1.30. The first-order chi connectivity index (χ1) is 8.59. The summed E-state index contributed by atoms with van der Waals surface area (Å²) in [6.07, 6.45) is 0. The van der Waals surface area contributed by atoms with Crippen LogP contribution >= 0.6 is 0 Å². The Labute approximate surface area is 106 Å². The number of nitrogens with one attached hydrogen (secondary N) is 1. The quantitative estimate of drug-likeness (QED) is 0.726. The summed E-state index contributed by atoms with van der Waals surface area (Å²) in [4.78, 5) is 22.1. The second-order valence-corrected chi connectivity index (χ2v) is 4.03. The Morgan fingerprint density at radius 1 is 1.33 bits per heavy atom. The number of benzene rings is 1. The van der Waals surface area contributed by atoms with E-state index < -0.39 is 6.04 Å². The van der Waals surface area contributed by atoms with E-state index in [4.69, 9.17) is 10.5 Å². The minimum Gasteiger partial charge on any atom is -0.375 e.